The van der Waals surface area contributed by atoms with E-state index in [-0.39, 0.29) is 11.9 Å². The predicted molar refractivity (Wildman–Crippen MR) is 104 cm³/mol. The van der Waals surface area contributed by atoms with E-state index in [0.717, 1.165) is 26.1 Å². The molecule has 26 heavy (non-hydrogen) atoms. The number of hydrogen-bond donors (Lipinski definition) is 2. The van der Waals surface area contributed by atoms with Crippen LogP contribution >= 0.6 is 0 Å². The second-order valence-corrected chi connectivity index (χ2v) is 7.26. The second-order valence-electron chi connectivity index (χ2n) is 7.26. The molecule has 0 aliphatic carbocycles. The maximum atomic E-state index is 11.9. The maximum Gasteiger partial charge on any atom is 0.314 e. The van der Waals surface area contributed by atoms with Gasteiger partial charge in [-0.1, -0.05) is 36.8 Å². The van der Waals surface area contributed by atoms with Crippen LogP contribution in [0.25, 0.3) is 0 Å². The highest BCUT2D eigenvalue weighted by Crippen LogP contribution is 2.18. The SMILES string of the molecule is CN(C)C(=O)CCNC(=O)NCC1CCCCN(Cc2ccccc2)C1. The lowest BCUT2D eigenvalue weighted by atomic mass is 10.0. The van der Waals surface area contributed by atoms with E-state index in [1.807, 2.05) is 6.07 Å². The number of amides is 3. The van der Waals surface area contributed by atoms with Crippen LogP contribution in [-0.2, 0) is 11.3 Å². The number of likely N-dealkylation sites (tertiary alicyclic amines) is 1. The predicted octanol–water partition coefficient (Wildman–Crippen LogP) is 2.07. The molecule has 1 aromatic carbocycles. The van der Waals surface area contributed by atoms with Crippen molar-refractivity contribution >= 4 is 11.9 Å². The van der Waals surface area contributed by atoms with Gasteiger partial charge in [-0.2, -0.15) is 0 Å². The summed E-state index contributed by atoms with van der Waals surface area (Å²) >= 11 is 0. The second kappa shape index (κ2) is 10.8. The lowest BCUT2D eigenvalue weighted by Gasteiger charge is -2.24. The van der Waals surface area contributed by atoms with E-state index >= 15 is 0 Å². The van der Waals surface area contributed by atoms with Crippen molar-refractivity contribution in [2.75, 3.05) is 40.3 Å². The number of nitrogens with zero attached hydrogens (tertiary/aromatic N) is 2. The van der Waals surface area contributed by atoms with E-state index < -0.39 is 0 Å². The molecule has 1 aliphatic rings. The first-order valence-corrected chi connectivity index (χ1v) is 9.52. The molecule has 0 bridgehead atoms. The van der Waals surface area contributed by atoms with Crippen molar-refractivity contribution in [1.29, 1.82) is 0 Å². The summed E-state index contributed by atoms with van der Waals surface area (Å²) in [7, 11) is 3.44. The lowest BCUT2D eigenvalue weighted by molar-refractivity contribution is -0.128. The van der Waals surface area contributed by atoms with Crippen molar-refractivity contribution in [3.05, 3.63) is 35.9 Å². The van der Waals surface area contributed by atoms with E-state index in [9.17, 15) is 9.59 Å². The van der Waals surface area contributed by atoms with E-state index in [4.69, 9.17) is 0 Å². The molecule has 3 amide bonds. The lowest BCUT2D eigenvalue weighted by Crippen LogP contribution is -2.41. The highest BCUT2D eigenvalue weighted by molar-refractivity contribution is 5.77. The smallest absolute Gasteiger partial charge is 0.314 e. The van der Waals surface area contributed by atoms with Gasteiger partial charge in [0.25, 0.3) is 0 Å². The van der Waals surface area contributed by atoms with Gasteiger partial charge in [0.1, 0.15) is 0 Å². The van der Waals surface area contributed by atoms with Crippen LogP contribution in [0.3, 0.4) is 0 Å². The molecule has 6 nitrogen and oxygen atoms in total. The van der Waals surface area contributed by atoms with Crippen LogP contribution in [0.4, 0.5) is 4.79 Å². The Morgan fingerprint density at radius 3 is 2.65 bits per heavy atom. The Balaban J connectivity index is 1.70. The molecule has 0 saturated carbocycles. The van der Waals surface area contributed by atoms with Gasteiger partial charge in [0.15, 0.2) is 0 Å². The molecule has 2 N–H and O–H groups in total. The highest BCUT2D eigenvalue weighted by atomic mass is 16.2. The van der Waals surface area contributed by atoms with E-state index in [2.05, 4.69) is 39.8 Å². The van der Waals surface area contributed by atoms with Gasteiger partial charge >= 0.3 is 6.03 Å². The van der Waals surface area contributed by atoms with Crippen molar-refractivity contribution in [3.8, 4) is 0 Å². The summed E-state index contributed by atoms with van der Waals surface area (Å²) < 4.78 is 0. The molecule has 0 aromatic heterocycles. The van der Waals surface area contributed by atoms with Crippen LogP contribution in [0.15, 0.2) is 30.3 Å². The van der Waals surface area contributed by atoms with Crippen molar-refractivity contribution in [3.63, 3.8) is 0 Å². The molecular formula is C20H32N4O2. The van der Waals surface area contributed by atoms with Crippen LogP contribution in [0.5, 0.6) is 0 Å². The Hall–Kier alpha value is -2.08. The van der Waals surface area contributed by atoms with Crippen LogP contribution in [0.1, 0.15) is 31.2 Å². The summed E-state index contributed by atoms with van der Waals surface area (Å²) in [6, 6.07) is 10.4. The standard InChI is InChI=1S/C20H32N4O2/c1-23(2)19(25)11-12-21-20(26)22-14-18-10-6-7-13-24(16-18)15-17-8-4-3-5-9-17/h3-5,8-9,18H,6-7,10-16H2,1-2H3,(H2,21,22,26). The Morgan fingerprint density at radius 2 is 1.92 bits per heavy atom. The van der Waals surface area contributed by atoms with Gasteiger partial charge in [0.2, 0.25) is 5.91 Å². The van der Waals surface area contributed by atoms with Crippen molar-refractivity contribution < 1.29 is 9.59 Å². The molecule has 144 valence electrons. The van der Waals surface area contributed by atoms with Crippen LogP contribution in [0, 0.1) is 5.92 Å². The number of hydrogen-bond acceptors (Lipinski definition) is 3. The summed E-state index contributed by atoms with van der Waals surface area (Å²) in [5.41, 5.74) is 1.34. The first-order chi connectivity index (χ1) is 12.5. The fourth-order valence-electron chi connectivity index (χ4n) is 3.27. The molecule has 6 heteroatoms. The molecule has 1 heterocycles. The maximum absolute atomic E-state index is 11.9. The molecule has 0 radical (unpaired) electrons. The molecular weight excluding hydrogens is 328 g/mol. The van der Waals surface area contributed by atoms with E-state index in [1.165, 1.54) is 23.3 Å². The molecule has 0 spiro atoms. The first-order valence-electron chi connectivity index (χ1n) is 9.52. The average molecular weight is 361 g/mol. The van der Waals surface area contributed by atoms with Crippen LogP contribution < -0.4 is 10.6 Å². The molecule has 1 unspecified atom stereocenters. The van der Waals surface area contributed by atoms with Gasteiger partial charge in [0, 0.05) is 46.7 Å². The van der Waals surface area contributed by atoms with E-state index in [1.54, 1.807) is 14.1 Å². The van der Waals surface area contributed by atoms with Gasteiger partial charge in [-0.15, -0.1) is 0 Å². The summed E-state index contributed by atoms with van der Waals surface area (Å²) in [5, 5.41) is 5.73. The largest absolute Gasteiger partial charge is 0.349 e. The molecule has 1 aliphatic heterocycles. The molecule has 1 fully saturated rings. The van der Waals surface area contributed by atoms with Gasteiger partial charge in [-0.05, 0) is 30.9 Å². The van der Waals surface area contributed by atoms with Crippen molar-refractivity contribution in [2.24, 2.45) is 5.92 Å². The Labute approximate surface area is 156 Å². The Bertz CT molecular complexity index is 562. The minimum absolute atomic E-state index is 0.0191. The normalized spacial score (nSPS) is 18.0. The number of carbonyl (C=O) groups excluding carboxylic acids is 2. The third-order valence-corrected chi connectivity index (χ3v) is 4.78. The summed E-state index contributed by atoms with van der Waals surface area (Å²) in [6.45, 7) is 4.14. The Kier molecular flexibility index (Phi) is 8.41. The fraction of sp³-hybridized carbons (Fsp3) is 0.600. The molecule has 2 rings (SSSR count). The summed E-state index contributed by atoms with van der Waals surface area (Å²) in [6.07, 6.45) is 3.89. The van der Waals surface area contributed by atoms with Crippen LogP contribution in [0.2, 0.25) is 0 Å². The molecule has 1 aromatic rings. The van der Waals surface area contributed by atoms with Crippen molar-refractivity contribution in [1.82, 2.24) is 20.4 Å². The number of nitrogens with one attached hydrogen (secondary N) is 2. The topological polar surface area (TPSA) is 64.7 Å². The third kappa shape index (κ3) is 7.44. The minimum Gasteiger partial charge on any atom is -0.349 e. The minimum atomic E-state index is -0.185. The quantitative estimate of drug-likeness (QED) is 0.782. The molecule has 1 saturated heterocycles. The third-order valence-electron chi connectivity index (χ3n) is 4.78. The molecule has 1 atom stereocenters. The number of benzene rings is 1. The summed E-state index contributed by atoms with van der Waals surface area (Å²) in [5.74, 6) is 0.487. The summed E-state index contributed by atoms with van der Waals surface area (Å²) in [4.78, 5) is 27.5. The number of carbonyl (C=O) groups is 2. The Morgan fingerprint density at radius 1 is 1.15 bits per heavy atom. The highest BCUT2D eigenvalue weighted by Gasteiger charge is 2.19. The zero-order chi connectivity index (χ0) is 18.8. The van der Waals surface area contributed by atoms with E-state index in [0.29, 0.717) is 25.4 Å². The zero-order valence-corrected chi connectivity index (χ0v) is 16.0. The van der Waals surface area contributed by atoms with Crippen LogP contribution in [-0.4, -0.2) is 62.0 Å². The number of rotatable bonds is 7. The zero-order valence-electron chi connectivity index (χ0n) is 16.0. The monoisotopic (exact) mass is 360 g/mol. The van der Waals surface area contributed by atoms with Gasteiger partial charge in [-0.3, -0.25) is 9.69 Å². The number of urea groups is 1. The van der Waals surface area contributed by atoms with Gasteiger partial charge < -0.3 is 15.5 Å². The first kappa shape index (κ1) is 20.2. The average Bonchev–Trinajstić information content (AvgIpc) is 2.85. The fourth-order valence-corrected chi connectivity index (χ4v) is 3.27. The van der Waals surface area contributed by atoms with Gasteiger partial charge in [-0.25, -0.2) is 4.79 Å². The van der Waals surface area contributed by atoms with Gasteiger partial charge in [0.05, 0.1) is 0 Å². The van der Waals surface area contributed by atoms with Crippen molar-refractivity contribution in [2.45, 2.75) is 32.2 Å².